The zero-order chi connectivity index (χ0) is 11.1. The Morgan fingerprint density at radius 2 is 1.50 bits per heavy atom. The first-order valence-corrected chi connectivity index (χ1v) is 6.14. The van der Waals surface area contributed by atoms with Gasteiger partial charge in [-0.2, -0.15) is 0 Å². The maximum atomic E-state index is 4.45. The largest absolute Gasteiger partial charge is 0.254 e. The van der Waals surface area contributed by atoms with E-state index in [9.17, 15) is 0 Å². The number of aromatic nitrogens is 2. The predicted molar refractivity (Wildman–Crippen MR) is 74.5 cm³/mol. The predicted octanol–water partition coefficient (Wildman–Crippen LogP) is 3.70. The molecule has 0 amide bonds. The summed E-state index contributed by atoms with van der Waals surface area (Å²) in [5.41, 5.74) is 3.23. The van der Waals surface area contributed by atoms with Gasteiger partial charge in [-0.05, 0) is 47.2 Å². The molecular weight excluding hydrogens is 311 g/mol. The molecule has 78 valence electrons. The minimum Gasteiger partial charge on any atom is -0.254 e. The lowest BCUT2D eigenvalue weighted by Gasteiger charge is -2.05. The summed E-state index contributed by atoms with van der Waals surface area (Å²) >= 11 is 2.33. The van der Waals surface area contributed by atoms with Gasteiger partial charge in [0, 0.05) is 26.7 Å². The summed E-state index contributed by atoms with van der Waals surface area (Å²) in [6.07, 6.45) is 3.69. The molecular formula is C13H9IN2. The van der Waals surface area contributed by atoms with Crippen LogP contribution in [0.1, 0.15) is 5.56 Å². The van der Waals surface area contributed by atoms with Crippen molar-refractivity contribution in [2.75, 3.05) is 0 Å². The molecule has 16 heavy (non-hydrogen) atoms. The van der Waals surface area contributed by atoms with E-state index in [1.165, 1.54) is 19.9 Å². The zero-order valence-corrected chi connectivity index (χ0v) is 10.9. The van der Waals surface area contributed by atoms with Gasteiger partial charge in [0.15, 0.2) is 0 Å². The van der Waals surface area contributed by atoms with Gasteiger partial charge in [0.2, 0.25) is 0 Å². The lowest BCUT2D eigenvalue weighted by molar-refractivity contribution is 1.35. The number of aryl methyl sites for hydroxylation is 1. The maximum absolute atomic E-state index is 4.45. The first kappa shape index (κ1) is 9.96. The minimum atomic E-state index is 0.994. The van der Waals surface area contributed by atoms with Crippen LogP contribution in [-0.4, -0.2) is 9.97 Å². The molecule has 0 aliphatic heterocycles. The lowest BCUT2D eigenvalue weighted by Crippen LogP contribution is -1.88. The topological polar surface area (TPSA) is 25.8 Å². The van der Waals surface area contributed by atoms with E-state index in [4.69, 9.17) is 0 Å². The van der Waals surface area contributed by atoms with Gasteiger partial charge in [-0.3, -0.25) is 9.97 Å². The maximum Gasteiger partial charge on any atom is 0.0975 e. The van der Waals surface area contributed by atoms with Crippen LogP contribution in [0.15, 0.2) is 36.7 Å². The van der Waals surface area contributed by atoms with E-state index in [1.807, 2.05) is 24.5 Å². The number of hydrogen-bond donors (Lipinski definition) is 0. The summed E-state index contributed by atoms with van der Waals surface area (Å²) in [4.78, 5) is 8.89. The smallest absolute Gasteiger partial charge is 0.0975 e. The Balaban J connectivity index is 2.60. The Labute approximate surface area is 107 Å². The molecule has 0 N–H and O–H groups in total. The third-order valence-electron chi connectivity index (χ3n) is 2.79. The summed E-state index contributed by atoms with van der Waals surface area (Å²) in [6, 6.07) is 8.30. The third-order valence-corrected chi connectivity index (χ3v) is 3.73. The van der Waals surface area contributed by atoms with Crippen LogP contribution in [0.25, 0.3) is 21.8 Å². The van der Waals surface area contributed by atoms with E-state index in [2.05, 4.69) is 51.6 Å². The molecule has 3 aromatic rings. The number of hydrogen-bond acceptors (Lipinski definition) is 2. The molecule has 0 spiro atoms. The number of pyridine rings is 2. The van der Waals surface area contributed by atoms with Crippen LogP contribution in [0.3, 0.4) is 0 Å². The SMILES string of the molecule is Cc1ccnc2c1ccc1c(I)ccnc12. The minimum absolute atomic E-state index is 0.994. The number of halogens is 1. The summed E-state index contributed by atoms with van der Waals surface area (Å²) in [7, 11) is 0. The van der Waals surface area contributed by atoms with Crippen molar-refractivity contribution in [1.29, 1.82) is 0 Å². The molecule has 3 heteroatoms. The first-order valence-electron chi connectivity index (χ1n) is 5.06. The average Bonchev–Trinajstić information content (AvgIpc) is 2.30. The number of benzene rings is 1. The molecule has 2 heterocycles. The highest BCUT2D eigenvalue weighted by Crippen LogP contribution is 2.26. The molecule has 2 aromatic heterocycles. The van der Waals surface area contributed by atoms with Crippen LogP contribution < -0.4 is 0 Å². The molecule has 0 aliphatic carbocycles. The normalized spacial score (nSPS) is 11.1. The van der Waals surface area contributed by atoms with Gasteiger partial charge in [-0.25, -0.2) is 0 Å². The fourth-order valence-electron chi connectivity index (χ4n) is 1.93. The summed E-state index contributed by atoms with van der Waals surface area (Å²) in [5.74, 6) is 0. The Bertz CT molecular complexity index is 631. The van der Waals surface area contributed by atoms with Crippen molar-refractivity contribution in [3.05, 3.63) is 45.8 Å². The van der Waals surface area contributed by atoms with Crippen LogP contribution in [-0.2, 0) is 0 Å². The van der Waals surface area contributed by atoms with Crippen molar-refractivity contribution >= 4 is 44.4 Å². The van der Waals surface area contributed by atoms with Crippen molar-refractivity contribution in [1.82, 2.24) is 9.97 Å². The summed E-state index contributed by atoms with van der Waals surface area (Å²) in [5, 5.41) is 2.36. The van der Waals surface area contributed by atoms with Crippen LogP contribution in [0.2, 0.25) is 0 Å². The number of fused-ring (bicyclic) bond motifs is 3. The fourth-order valence-corrected chi connectivity index (χ4v) is 2.53. The zero-order valence-electron chi connectivity index (χ0n) is 8.74. The van der Waals surface area contributed by atoms with E-state index < -0.39 is 0 Å². The Kier molecular flexibility index (Phi) is 2.28. The highest BCUT2D eigenvalue weighted by atomic mass is 127. The second-order valence-corrected chi connectivity index (χ2v) is 4.94. The van der Waals surface area contributed by atoms with E-state index >= 15 is 0 Å². The highest BCUT2D eigenvalue weighted by Gasteiger charge is 2.06. The average molecular weight is 320 g/mol. The Morgan fingerprint density at radius 1 is 0.875 bits per heavy atom. The number of rotatable bonds is 0. The molecule has 1 aromatic carbocycles. The lowest BCUT2D eigenvalue weighted by atomic mass is 10.1. The van der Waals surface area contributed by atoms with Crippen molar-refractivity contribution in [3.8, 4) is 0 Å². The fraction of sp³-hybridized carbons (Fsp3) is 0.0769. The molecule has 0 unspecified atom stereocenters. The molecule has 0 saturated carbocycles. The molecule has 2 nitrogen and oxygen atoms in total. The van der Waals surface area contributed by atoms with E-state index in [0.29, 0.717) is 0 Å². The van der Waals surface area contributed by atoms with Crippen LogP contribution in [0.5, 0.6) is 0 Å². The van der Waals surface area contributed by atoms with Crippen LogP contribution in [0, 0.1) is 10.5 Å². The second kappa shape index (κ2) is 3.66. The molecule has 0 bridgehead atoms. The van der Waals surface area contributed by atoms with Crippen LogP contribution >= 0.6 is 22.6 Å². The van der Waals surface area contributed by atoms with E-state index in [-0.39, 0.29) is 0 Å². The second-order valence-electron chi connectivity index (χ2n) is 3.78. The summed E-state index contributed by atoms with van der Waals surface area (Å²) < 4.78 is 1.22. The molecule has 3 rings (SSSR count). The van der Waals surface area contributed by atoms with E-state index in [0.717, 1.165) is 11.0 Å². The first-order chi connectivity index (χ1) is 7.77. The molecule has 0 atom stereocenters. The molecule has 0 aliphatic rings. The van der Waals surface area contributed by atoms with Crippen molar-refractivity contribution in [3.63, 3.8) is 0 Å². The Morgan fingerprint density at radius 3 is 2.31 bits per heavy atom. The molecule has 0 fully saturated rings. The summed E-state index contributed by atoms with van der Waals surface area (Å²) in [6.45, 7) is 2.10. The standard InChI is InChI=1S/C13H9IN2/c1-8-4-6-15-12-9(8)2-3-10-11(14)5-7-16-13(10)12/h2-7H,1H3. The number of nitrogens with zero attached hydrogens (tertiary/aromatic N) is 2. The van der Waals surface area contributed by atoms with Gasteiger partial charge in [0.1, 0.15) is 0 Å². The molecule has 0 saturated heterocycles. The van der Waals surface area contributed by atoms with Gasteiger partial charge < -0.3 is 0 Å². The monoisotopic (exact) mass is 320 g/mol. The highest BCUT2D eigenvalue weighted by molar-refractivity contribution is 14.1. The van der Waals surface area contributed by atoms with Crippen molar-refractivity contribution in [2.45, 2.75) is 6.92 Å². The van der Waals surface area contributed by atoms with Crippen molar-refractivity contribution in [2.24, 2.45) is 0 Å². The van der Waals surface area contributed by atoms with Gasteiger partial charge in [-0.1, -0.05) is 12.1 Å². The van der Waals surface area contributed by atoms with Gasteiger partial charge in [-0.15, -0.1) is 0 Å². The van der Waals surface area contributed by atoms with Gasteiger partial charge >= 0.3 is 0 Å². The van der Waals surface area contributed by atoms with Crippen LogP contribution in [0.4, 0.5) is 0 Å². The van der Waals surface area contributed by atoms with Gasteiger partial charge in [0.05, 0.1) is 11.0 Å². The Hall–Kier alpha value is -1.23. The third kappa shape index (κ3) is 1.38. The quantitative estimate of drug-likeness (QED) is 0.466. The van der Waals surface area contributed by atoms with E-state index in [1.54, 1.807) is 0 Å². The van der Waals surface area contributed by atoms with Gasteiger partial charge in [0.25, 0.3) is 0 Å². The van der Waals surface area contributed by atoms with Crippen molar-refractivity contribution < 1.29 is 0 Å². The molecule has 0 radical (unpaired) electrons.